The Morgan fingerprint density at radius 3 is 2.56 bits per heavy atom. The van der Waals surface area contributed by atoms with Crippen molar-refractivity contribution in [2.75, 3.05) is 18.4 Å². The lowest BCUT2D eigenvalue weighted by Crippen LogP contribution is -2.43. The highest BCUT2D eigenvalue weighted by atomic mass is 16.1. The van der Waals surface area contributed by atoms with Crippen LogP contribution < -0.4 is 10.6 Å². The van der Waals surface area contributed by atoms with Gasteiger partial charge in [-0.25, -0.2) is 0 Å². The van der Waals surface area contributed by atoms with E-state index in [2.05, 4.69) is 37.5 Å². The van der Waals surface area contributed by atoms with E-state index >= 15 is 0 Å². The number of carbonyl (C=O) groups excluding carboxylic acids is 1. The topological polar surface area (TPSA) is 41.1 Å². The van der Waals surface area contributed by atoms with Crippen LogP contribution in [0.1, 0.15) is 32.8 Å². The molecule has 0 atom stereocenters. The van der Waals surface area contributed by atoms with E-state index in [1.54, 1.807) is 0 Å². The third-order valence-electron chi connectivity index (χ3n) is 3.35. The van der Waals surface area contributed by atoms with Gasteiger partial charge < -0.3 is 10.6 Å². The third kappa shape index (κ3) is 3.10. The van der Waals surface area contributed by atoms with Crippen molar-refractivity contribution in [3.63, 3.8) is 0 Å². The summed E-state index contributed by atoms with van der Waals surface area (Å²) in [4.78, 5) is 12.0. The Labute approximate surface area is 109 Å². The van der Waals surface area contributed by atoms with Crippen molar-refractivity contribution in [1.82, 2.24) is 5.32 Å². The largest absolute Gasteiger partial charge is 0.326 e. The van der Waals surface area contributed by atoms with E-state index in [0.717, 1.165) is 18.8 Å². The van der Waals surface area contributed by atoms with E-state index in [-0.39, 0.29) is 11.3 Å². The van der Waals surface area contributed by atoms with Crippen molar-refractivity contribution in [3.05, 3.63) is 29.8 Å². The molecule has 0 saturated carbocycles. The van der Waals surface area contributed by atoms with Gasteiger partial charge in [0.2, 0.25) is 5.91 Å². The first-order valence-corrected chi connectivity index (χ1v) is 6.57. The number of hydrogen-bond donors (Lipinski definition) is 2. The number of anilines is 1. The zero-order valence-electron chi connectivity index (χ0n) is 11.4. The molecule has 3 nitrogen and oxygen atoms in total. The van der Waals surface area contributed by atoms with Crippen LogP contribution >= 0.6 is 0 Å². The minimum Gasteiger partial charge on any atom is -0.326 e. The molecule has 2 rings (SSSR count). The molecular weight excluding hydrogens is 224 g/mol. The van der Waals surface area contributed by atoms with E-state index in [9.17, 15) is 4.79 Å². The Bertz CT molecular complexity index is 430. The molecule has 18 heavy (non-hydrogen) atoms. The Balaban J connectivity index is 2.06. The highest BCUT2D eigenvalue weighted by molar-refractivity contribution is 5.92. The zero-order chi connectivity index (χ0) is 13.2. The van der Waals surface area contributed by atoms with Crippen LogP contribution in [0.4, 0.5) is 5.69 Å². The molecule has 1 amide bonds. The Kier molecular flexibility index (Phi) is 3.71. The summed E-state index contributed by atoms with van der Waals surface area (Å²) in [7, 11) is 0. The molecule has 2 N–H and O–H groups in total. The van der Waals surface area contributed by atoms with Crippen LogP contribution in [0.15, 0.2) is 24.3 Å². The van der Waals surface area contributed by atoms with Crippen molar-refractivity contribution in [1.29, 1.82) is 0 Å². The van der Waals surface area contributed by atoms with Crippen molar-refractivity contribution >= 4 is 11.6 Å². The summed E-state index contributed by atoms with van der Waals surface area (Å²) in [6.45, 7) is 8.41. The molecule has 98 valence electrons. The molecule has 3 heteroatoms. The van der Waals surface area contributed by atoms with Crippen LogP contribution in [0, 0.1) is 5.92 Å². The number of benzene rings is 1. The summed E-state index contributed by atoms with van der Waals surface area (Å²) < 4.78 is 0. The molecule has 1 aromatic rings. The summed E-state index contributed by atoms with van der Waals surface area (Å²) in [6.07, 6.45) is 0.617. The Morgan fingerprint density at radius 2 is 2.00 bits per heavy atom. The first-order valence-electron chi connectivity index (χ1n) is 6.57. The van der Waals surface area contributed by atoms with E-state index in [4.69, 9.17) is 0 Å². The SMILES string of the molecule is CC(C)(C)c1ccccc1NC(=O)CC1CNC1. The number of para-hydroxylation sites is 1. The standard InChI is InChI=1S/C15H22N2O/c1-15(2,3)12-6-4-5-7-13(12)17-14(18)8-11-9-16-10-11/h4-7,11,16H,8-10H2,1-3H3,(H,17,18). The molecule has 0 aromatic heterocycles. The molecule has 0 aliphatic carbocycles. The van der Waals surface area contributed by atoms with Gasteiger partial charge in [0.15, 0.2) is 0 Å². The lowest BCUT2D eigenvalue weighted by Gasteiger charge is -2.27. The van der Waals surface area contributed by atoms with Gasteiger partial charge in [0.25, 0.3) is 0 Å². The molecule has 1 heterocycles. The second-order valence-electron chi connectivity index (χ2n) is 6.07. The average Bonchev–Trinajstić information content (AvgIpc) is 2.23. The molecule has 1 aliphatic heterocycles. The lowest BCUT2D eigenvalue weighted by molar-refractivity contribution is -0.117. The normalized spacial score (nSPS) is 16.2. The van der Waals surface area contributed by atoms with Gasteiger partial charge in [0.05, 0.1) is 0 Å². The van der Waals surface area contributed by atoms with Gasteiger partial charge in [-0.2, -0.15) is 0 Å². The van der Waals surface area contributed by atoms with Crippen LogP contribution in [-0.2, 0) is 10.2 Å². The zero-order valence-corrected chi connectivity index (χ0v) is 11.4. The molecule has 1 fully saturated rings. The smallest absolute Gasteiger partial charge is 0.224 e. The summed E-state index contributed by atoms with van der Waals surface area (Å²) in [5, 5.41) is 6.24. The molecule has 0 unspecified atom stereocenters. The van der Waals surface area contributed by atoms with Gasteiger partial charge in [-0.1, -0.05) is 39.0 Å². The van der Waals surface area contributed by atoms with Crippen molar-refractivity contribution in [2.45, 2.75) is 32.6 Å². The van der Waals surface area contributed by atoms with Crippen LogP contribution in [0.3, 0.4) is 0 Å². The molecule has 1 aromatic carbocycles. The van der Waals surface area contributed by atoms with E-state index in [0.29, 0.717) is 12.3 Å². The molecule has 1 aliphatic rings. The van der Waals surface area contributed by atoms with Crippen LogP contribution in [0.25, 0.3) is 0 Å². The highest BCUT2D eigenvalue weighted by Gasteiger charge is 2.22. The maximum Gasteiger partial charge on any atom is 0.224 e. The molecule has 1 saturated heterocycles. The number of hydrogen-bond acceptors (Lipinski definition) is 2. The maximum atomic E-state index is 12.0. The second kappa shape index (κ2) is 5.11. The molecular formula is C15H22N2O. The average molecular weight is 246 g/mol. The Morgan fingerprint density at radius 1 is 1.33 bits per heavy atom. The van der Waals surface area contributed by atoms with E-state index < -0.39 is 0 Å². The maximum absolute atomic E-state index is 12.0. The summed E-state index contributed by atoms with van der Waals surface area (Å²) in [5.41, 5.74) is 2.18. The van der Waals surface area contributed by atoms with E-state index in [1.165, 1.54) is 5.56 Å². The fourth-order valence-corrected chi connectivity index (χ4v) is 2.20. The van der Waals surface area contributed by atoms with Gasteiger partial charge in [0, 0.05) is 12.1 Å². The minimum atomic E-state index is 0.0436. The quantitative estimate of drug-likeness (QED) is 0.860. The number of carbonyl (C=O) groups is 1. The highest BCUT2D eigenvalue weighted by Crippen LogP contribution is 2.29. The van der Waals surface area contributed by atoms with Crippen molar-refractivity contribution in [2.24, 2.45) is 5.92 Å². The number of nitrogens with one attached hydrogen (secondary N) is 2. The molecule has 0 spiro atoms. The van der Waals surface area contributed by atoms with Crippen LogP contribution in [0.5, 0.6) is 0 Å². The third-order valence-corrected chi connectivity index (χ3v) is 3.35. The van der Waals surface area contributed by atoms with Crippen molar-refractivity contribution < 1.29 is 4.79 Å². The van der Waals surface area contributed by atoms with Gasteiger partial charge in [0.1, 0.15) is 0 Å². The van der Waals surface area contributed by atoms with Crippen LogP contribution in [0.2, 0.25) is 0 Å². The summed E-state index contributed by atoms with van der Waals surface area (Å²) in [5.74, 6) is 0.630. The first kappa shape index (κ1) is 13.1. The predicted molar refractivity (Wildman–Crippen MR) is 74.7 cm³/mol. The summed E-state index contributed by atoms with van der Waals surface area (Å²) in [6, 6.07) is 8.06. The first-order chi connectivity index (χ1) is 8.47. The molecule has 0 bridgehead atoms. The Hall–Kier alpha value is -1.35. The van der Waals surface area contributed by atoms with E-state index in [1.807, 2.05) is 18.2 Å². The summed E-state index contributed by atoms with van der Waals surface area (Å²) >= 11 is 0. The minimum absolute atomic E-state index is 0.0436. The molecule has 0 radical (unpaired) electrons. The van der Waals surface area contributed by atoms with Gasteiger partial charge in [-0.15, -0.1) is 0 Å². The predicted octanol–water partition coefficient (Wildman–Crippen LogP) is 2.53. The van der Waals surface area contributed by atoms with Gasteiger partial charge in [-0.05, 0) is 36.1 Å². The van der Waals surface area contributed by atoms with Crippen LogP contribution in [-0.4, -0.2) is 19.0 Å². The van der Waals surface area contributed by atoms with Gasteiger partial charge in [-0.3, -0.25) is 4.79 Å². The fourth-order valence-electron chi connectivity index (χ4n) is 2.20. The second-order valence-corrected chi connectivity index (χ2v) is 6.07. The lowest BCUT2D eigenvalue weighted by atomic mass is 9.85. The van der Waals surface area contributed by atoms with Gasteiger partial charge >= 0.3 is 0 Å². The monoisotopic (exact) mass is 246 g/mol. The number of amides is 1. The number of rotatable bonds is 3. The fraction of sp³-hybridized carbons (Fsp3) is 0.533. The van der Waals surface area contributed by atoms with Crippen molar-refractivity contribution in [3.8, 4) is 0 Å².